The maximum Gasteiger partial charge on any atom is 0.0865 e. The largest absolute Gasteiger partial charge is 0.394 e. The zero-order chi connectivity index (χ0) is 12.3. The molecule has 1 saturated carbocycles. The molecule has 1 aromatic rings. The molecule has 0 aromatic heterocycles. The number of rotatable bonds is 6. The summed E-state index contributed by atoms with van der Waals surface area (Å²) in [6.45, 7) is 0.613. The van der Waals surface area contributed by atoms with Crippen LogP contribution in [-0.4, -0.2) is 31.0 Å². The van der Waals surface area contributed by atoms with E-state index < -0.39 is 0 Å². The van der Waals surface area contributed by atoms with Gasteiger partial charge in [-0.25, -0.2) is 0 Å². The summed E-state index contributed by atoms with van der Waals surface area (Å²) >= 11 is 3.51. The Kier molecular flexibility index (Phi) is 4.07. The smallest absolute Gasteiger partial charge is 0.0865 e. The van der Waals surface area contributed by atoms with E-state index in [0.29, 0.717) is 12.5 Å². The van der Waals surface area contributed by atoms with Crippen LogP contribution in [0.2, 0.25) is 0 Å². The maximum absolute atomic E-state index is 9.71. The number of hydrogen-bond acceptors (Lipinski definition) is 3. The van der Waals surface area contributed by atoms with Crippen molar-refractivity contribution >= 4 is 21.6 Å². The summed E-state index contributed by atoms with van der Waals surface area (Å²) in [5.41, 5.74) is 0.657. The first-order valence-corrected chi connectivity index (χ1v) is 6.63. The first-order valence-electron chi connectivity index (χ1n) is 5.84. The van der Waals surface area contributed by atoms with Crippen LogP contribution in [0.3, 0.4) is 0 Å². The first-order chi connectivity index (χ1) is 8.22. The number of aliphatic hydroxyl groups is 1. The average Bonchev–Trinajstić information content (AvgIpc) is 3.15. The van der Waals surface area contributed by atoms with Gasteiger partial charge in [-0.05, 0) is 46.8 Å². The molecule has 1 unspecified atom stereocenters. The molecule has 2 N–H and O–H groups in total. The molecule has 1 atom stereocenters. The second-order valence-electron chi connectivity index (χ2n) is 4.63. The highest BCUT2D eigenvalue weighted by atomic mass is 79.9. The molecule has 0 heterocycles. The molecule has 3 nitrogen and oxygen atoms in total. The topological polar surface area (TPSA) is 41.5 Å². The van der Waals surface area contributed by atoms with E-state index in [1.807, 2.05) is 24.3 Å². The summed E-state index contributed by atoms with van der Waals surface area (Å²) in [6.07, 6.45) is 2.31. The minimum absolute atomic E-state index is 0.0901. The number of hydrogen-bond donors (Lipinski definition) is 2. The Hall–Kier alpha value is -0.580. The number of para-hydroxylation sites is 1. The van der Waals surface area contributed by atoms with E-state index in [1.54, 1.807) is 7.11 Å². The molecule has 2 rings (SSSR count). The van der Waals surface area contributed by atoms with Gasteiger partial charge in [0.15, 0.2) is 0 Å². The highest BCUT2D eigenvalue weighted by Gasteiger charge is 2.45. The fraction of sp³-hybridized carbons (Fsp3) is 0.538. The predicted octanol–water partition coefficient (Wildman–Crippen LogP) is 2.65. The minimum atomic E-state index is -0.349. The van der Waals surface area contributed by atoms with E-state index in [4.69, 9.17) is 4.74 Å². The molecule has 0 aliphatic heterocycles. The van der Waals surface area contributed by atoms with Gasteiger partial charge in [-0.15, -0.1) is 0 Å². The van der Waals surface area contributed by atoms with Crippen molar-refractivity contribution in [3.63, 3.8) is 0 Å². The van der Waals surface area contributed by atoms with Crippen LogP contribution in [0.15, 0.2) is 28.7 Å². The molecule has 1 aromatic carbocycles. The zero-order valence-electron chi connectivity index (χ0n) is 9.95. The van der Waals surface area contributed by atoms with Gasteiger partial charge in [0, 0.05) is 17.3 Å². The average molecular weight is 300 g/mol. The molecule has 1 aliphatic carbocycles. The van der Waals surface area contributed by atoms with Gasteiger partial charge in [0.1, 0.15) is 0 Å². The van der Waals surface area contributed by atoms with Crippen LogP contribution in [0.4, 0.5) is 5.69 Å². The molecule has 1 fully saturated rings. The third-order valence-corrected chi connectivity index (χ3v) is 3.99. The van der Waals surface area contributed by atoms with Gasteiger partial charge in [0.2, 0.25) is 0 Å². The molecular weight excluding hydrogens is 282 g/mol. The van der Waals surface area contributed by atoms with Crippen LogP contribution < -0.4 is 5.32 Å². The van der Waals surface area contributed by atoms with E-state index in [0.717, 1.165) is 23.0 Å². The Morgan fingerprint density at radius 3 is 2.71 bits per heavy atom. The minimum Gasteiger partial charge on any atom is -0.394 e. The quantitative estimate of drug-likeness (QED) is 0.848. The summed E-state index contributed by atoms with van der Waals surface area (Å²) in [5, 5.41) is 13.2. The molecule has 17 heavy (non-hydrogen) atoms. The van der Waals surface area contributed by atoms with E-state index in [-0.39, 0.29) is 12.1 Å². The fourth-order valence-electron chi connectivity index (χ4n) is 2.19. The summed E-state index contributed by atoms with van der Waals surface area (Å²) in [5.74, 6) is 0.500. The van der Waals surface area contributed by atoms with Crippen molar-refractivity contribution in [3.05, 3.63) is 28.7 Å². The van der Waals surface area contributed by atoms with Gasteiger partial charge in [-0.3, -0.25) is 0 Å². The summed E-state index contributed by atoms with van der Waals surface area (Å²) in [6, 6.07) is 7.95. The number of halogens is 1. The van der Waals surface area contributed by atoms with Crippen LogP contribution in [0.5, 0.6) is 0 Å². The molecule has 94 valence electrons. The second-order valence-corrected chi connectivity index (χ2v) is 5.48. The Morgan fingerprint density at radius 1 is 1.47 bits per heavy atom. The van der Waals surface area contributed by atoms with Crippen molar-refractivity contribution in [3.8, 4) is 0 Å². The van der Waals surface area contributed by atoms with Crippen LogP contribution in [0.25, 0.3) is 0 Å². The van der Waals surface area contributed by atoms with Gasteiger partial charge in [0.25, 0.3) is 0 Å². The van der Waals surface area contributed by atoms with E-state index in [1.165, 1.54) is 0 Å². The van der Waals surface area contributed by atoms with Crippen LogP contribution >= 0.6 is 15.9 Å². The number of benzene rings is 1. The number of anilines is 1. The zero-order valence-corrected chi connectivity index (χ0v) is 11.5. The van der Waals surface area contributed by atoms with Gasteiger partial charge in [-0.1, -0.05) is 12.1 Å². The summed E-state index contributed by atoms with van der Waals surface area (Å²) < 4.78 is 6.28. The number of ether oxygens (including phenoxy) is 1. The normalized spacial score (nSPS) is 18.8. The van der Waals surface area contributed by atoms with Gasteiger partial charge in [-0.2, -0.15) is 0 Å². The lowest BCUT2D eigenvalue weighted by molar-refractivity contribution is 0.0862. The summed E-state index contributed by atoms with van der Waals surface area (Å²) in [4.78, 5) is 0. The number of nitrogens with one attached hydrogen (secondary N) is 1. The van der Waals surface area contributed by atoms with Crippen molar-refractivity contribution in [1.82, 2.24) is 0 Å². The molecule has 0 saturated heterocycles. The predicted molar refractivity (Wildman–Crippen MR) is 72.2 cm³/mol. The lowest BCUT2D eigenvalue weighted by atomic mass is 9.94. The van der Waals surface area contributed by atoms with Crippen molar-refractivity contribution in [2.45, 2.75) is 18.4 Å². The van der Waals surface area contributed by atoms with Crippen molar-refractivity contribution in [1.29, 1.82) is 0 Å². The van der Waals surface area contributed by atoms with Crippen LogP contribution in [-0.2, 0) is 4.74 Å². The Balaban J connectivity index is 2.20. The third kappa shape index (κ3) is 2.81. The molecule has 0 bridgehead atoms. The van der Waals surface area contributed by atoms with Gasteiger partial charge < -0.3 is 15.2 Å². The molecule has 1 aliphatic rings. The summed E-state index contributed by atoms with van der Waals surface area (Å²) in [7, 11) is 1.68. The Bertz CT molecular complexity index is 381. The molecule has 0 amide bonds. The first kappa shape index (κ1) is 12.9. The lowest BCUT2D eigenvalue weighted by Crippen LogP contribution is -2.48. The van der Waals surface area contributed by atoms with Crippen molar-refractivity contribution < 1.29 is 9.84 Å². The molecule has 0 spiro atoms. The maximum atomic E-state index is 9.71. The van der Waals surface area contributed by atoms with Crippen LogP contribution in [0, 0.1) is 5.92 Å². The second kappa shape index (κ2) is 5.38. The van der Waals surface area contributed by atoms with Gasteiger partial charge in [0.05, 0.1) is 18.8 Å². The van der Waals surface area contributed by atoms with E-state index in [9.17, 15) is 5.11 Å². The van der Waals surface area contributed by atoms with Crippen molar-refractivity contribution in [2.24, 2.45) is 5.92 Å². The van der Waals surface area contributed by atoms with Crippen LogP contribution in [0.1, 0.15) is 12.8 Å². The highest BCUT2D eigenvalue weighted by Crippen LogP contribution is 2.42. The monoisotopic (exact) mass is 299 g/mol. The molecular formula is C13H18BrNO2. The number of methoxy groups -OCH3 is 1. The Labute approximate surface area is 110 Å². The fourth-order valence-corrected chi connectivity index (χ4v) is 2.58. The SMILES string of the molecule is COCC(CO)(Nc1ccccc1Br)C1CC1. The lowest BCUT2D eigenvalue weighted by Gasteiger charge is -2.34. The van der Waals surface area contributed by atoms with Crippen molar-refractivity contribution in [2.75, 3.05) is 25.6 Å². The molecule has 0 radical (unpaired) electrons. The number of aliphatic hydroxyl groups excluding tert-OH is 1. The highest BCUT2D eigenvalue weighted by molar-refractivity contribution is 9.10. The van der Waals surface area contributed by atoms with E-state index >= 15 is 0 Å². The Morgan fingerprint density at radius 2 is 2.18 bits per heavy atom. The van der Waals surface area contributed by atoms with Gasteiger partial charge >= 0.3 is 0 Å². The standard InChI is InChI=1S/C13H18BrNO2/c1-17-9-13(8-16,10-6-7-10)15-12-5-3-2-4-11(12)14/h2-5,10,15-16H,6-9H2,1H3. The third-order valence-electron chi connectivity index (χ3n) is 3.30. The van der Waals surface area contributed by atoms with E-state index in [2.05, 4.69) is 21.2 Å². The molecule has 4 heteroatoms.